The first-order chi connectivity index (χ1) is 9.79. The highest BCUT2D eigenvalue weighted by Gasteiger charge is 2.24. The molecule has 1 heterocycles. The van der Waals surface area contributed by atoms with Crippen LogP contribution in [0.4, 0.5) is 11.4 Å². The average molecular weight is 263 g/mol. The van der Waals surface area contributed by atoms with E-state index in [-0.39, 0.29) is 5.92 Å². The second kappa shape index (κ2) is 5.26. The molecule has 0 saturated carbocycles. The molecule has 0 spiro atoms. The minimum Gasteiger partial charge on any atom is -0.397 e. The van der Waals surface area contributed by atoms with Crippen molar-refractivity contribution in [2.75, 3.05) is 23.7 Å². The number of para-hydroxylation sites is 1. The molecule has 0 saturated heterocycles. The van der Waals surface area contributed by atoms with Gasteiger partial charge in [0.2, 0.25) is 0 Å². The second-order valence-electron chi connectivity index (χ2n) is 5.14. The zero-order chi connectivity index (χ0) is 13.9. The van der Waals surface area contributed by atoms with Gasteiger partial charge in [-0.25, -0.2) is 0 Å². The molecule has 0 bridgehead atoms. The summed E-state index contributed by atoms with van der Waals surface area (Å²) in [5.74, 6) is -0.123. The topological polar surface area (TPSA) is 53.0 Å². The van der Waals surface area contributed by atoms with Gasteiger partial charge < -0.3 is 10.6 Å². The van der Waals surface area contributed by atoms with Gasteiger partial charge in [-0.3, -0.25) is 0 Å². The Kier molecular flexibility index (Phi) is 3.30. The van der Waals surface area contributed by atoms with Crippen LogP contribution in [-0.4, -0.2) is 13.1 Å². The Hall–Kier alpha value is -2.47. The summed E-state index contributed by atoms with van der Waals surface area (Å²) in [4.78, 5) is 2.24. The third-order valence-corrected chi connectivity index (χ3v) is 3.88. The predicted octanol–water partition coefficient (Wildman–Crippen LogP) is 2.94. The van der Waals surface area contributed by atoms with Gasteiger partial charge in [0.25, 0.3) is 0 Å². The quantitative estimate of drug-likeness (QED) is 0.866. The summed E-state index contributed by atoms with van der Waals surface area (Å²) in [6.07, 6.45) is 1.01. The number of fused-ring (bicyclic) bond motifs is 1. The number of hydrogen-bond acceptors (Lipinski definition) is 3. The molecule has 0 aromatic heterocycles. The van der Waals surface area contributed by atoms with Crippen LogP contribution in [0, 0.1) is 11.3 Å². The number of nitrogens with two attached hydrogens (primary N) is 1. The van der Waals surface area contributed by atoms with Crippen LogP contribution in [0.2, 0.25) is 0 Å². The lowest BCUT2D eigenvalue weighted by molar-refractivity contribution is 0.762. The molecule has 2 N–H and O–H groups in total. The fraction of sp³-hybridized carbons (Fsp3) is 0.235. The lowest BCUT2D eigenvalue weighted by atomic mass is 10.00. The van der Waals surface area contributed by atoms with Gasteiger partial charge in [-0.05, 0) is 23.6 Å². The van der Waals surface area contributed by atoms with Crippen LogP contribution in [0.1, 0.15) is 17.0 Å². The Morgan fingerprint density at radius 2 is 1.95 bits per heavy atom. The normalized spacial score (nSPS) is 14.7. The van der Waals surface area contributed by atoms with E-state index in [1.807, 2.05) is 42.5 Å². The summed E-state index contributed by atoms with van der Waals surface area (Å²) >= 11 is 0. The highest BCUT2D eigenvalue weighted by molar-refractivity contribution is 5.74. The molecule has 0 fully saturated rings. The molecular formula is C17H17N3. The molecule has 3 rings (SSSR count). The Bertz CT molecular complexity index is 643. The van der Waals surface area contributed by atoms with E-state index in [0.29, 0.717) is 6.54 Å². The van der Waals surface area contributed by atoms with Crippen molar-refractivity contribution in [2.24, 2.45) is 0 Å². The number of nitrogen functional groups attached to an aromatic ring is 1. The Labute approximate surface area is 119 Å². The van der Waals surface area contributed by atoms with Crippen molar-refractivity contribution in [3.63, 3.8) is 0 Å². The van der Waals surface area contributed by atoms with E-state index in [1.54, 1.807) is 0 Å². The first kappa shape index (κ1) is 12.6. The highest BCUT2D eigenvalue weighted by Crippen LogP contribution is 2.34. The summed E-state index contributed by atoms with van der Waals surface area (Å²) in [5, 5.41) is 9.45. The summed E-state index contributed by atoms with van der Waals surface area (Å²) in [6, 6.07) is 18.4. The lowest BCUT2D eigenvalue weighted by Crippen LogP contribution is -2.26. The maximum atomic E-state index is 9.45. The molecule has 1 aliphatic rings. The number of benzene rings is 2. The van der Waals surface area contributed by atoms with Gasteiger partial charge >= 0.3 is 0 Å². The van der Waals surface area contributed by atoms with Gasteiger partial charge in [0, 0.05) is 13.1 Å². The number of nitriles is 1. The van der Waals surface area contributed by atoms with E-state index < -0.39 is 0 Å². The molecule has 0 aliphatic carbocycles. The van der Waals surface area contributed by atoms with E-state index in [4.69, 9.17) is 5.73 Å². The molecule has 1 atom stereocenters. The van der Waals surface area contributed by atoms with Crippen molar-refractivity contribution in [2.45, 2.75) is 12.3 Å². The second-order valence-corrected chi connectivity index (χ2v) is 5.14. The molecule has 2 aromatic rings. The van der Waals surface area contributed by atoms with Gasteiger partial charge in [-0.1, -0.05) is 42.5 Å². The zero-order valence-electron chi connectivity index (χ0n) is 11.3. The van der Waals surface area contributed by atoms with E-state index in [9.17, 15) is 5.26 Å². The summed E-state index contributed by atoms with van der Waals surface area (Å²) in [7, 11) is 0. The molecule has 20 heavy (non-hydrogen) atoms. The van der Waals surface area contributed by atoms with Crippen LogP contribution in [-0.2, 0) is 6.42 Å². The van der Waals surface area contributed by atoms with Crippen molar-refractivity contribution in [1.82, 2.24) is 0 Å². The van der Waals surface area contributed by atoms with Crippen molar-refractivity contribution in [3.05, 3.63) is 59.7 Å². The smallest absolute Gasteiger partial charge is 0.0887 e. The molecule has 0 radical (unpaired) electrons. The average Bonchev–Trinajstić information content (AvgIpc) is 2.90. The molecule has 1 unspecified atom stereocenters. The van der Waals surface area contributed by atoms with Gasteiger partial charge in [0.1, 0.15) is 0 Å². The summed E-state index contributed by atoms with van der Waals surface area (Å²) < 4.78 is 0. The number of hydrogen-bond donors (Lipinski definition) is 1. The Morgan fingerprint density at radius 3 is 2.70 bits per heavy atom. The number of anilines is 2. The molecular weight excluding hydrogens is 246 g/mol. The minimum atomic E-state index is -0.123. The fourth-order valence-corrected chi connectivity index (χ4v) is 2.87. The molecule has 0 amide bonds. The van der Waals surface area contributed by atoms with Gasteiger partial charge in [0.05, 0.1) is 23.4 Å². The van der Waals surface area contributed by atoms with E-state index in [0.717, 1.165) is 29.9 Å². The van der Waals surface area contributed by atoms with Crippen LogP contribution in [0.5, 0.6) is 0 Å². The lowest BCUT2D eigenvalue weighted by Gasteiger charge is -2.23. The molecule has 3 heteroatoms. The number of rotatable bonds is 3. The van der Waals surface area contributed by atoms with Crippen LogP contribution in [0.15, 0.2) is 48.5 Å². The standard InChI is InChI=1S/C17H17N3/c18-11-15(13-5-2-1-3-6-13)12-20-10-9-14-7-4-8-16(19)17(14)20/h1-8,15H,9-10,12,19H2. The Balaban J connectivity index is 1.85. The molecule has 1 aliphatic heterocycles. The zero-order valence-corrected chi connectivity index (χ0v) is 11.3. The largest absolute Gasteiger partial charge is 0.397 e. The van der Waals surface area contributed by atoms with Gasteiger partial charge in [0.15, 0.2) is 0 Å². The van der Waals surface area contributed by atoms with Crippen molar-refractivity contribution in [3.8, 4) is 6.07 Å². The van der Waals surface area contributed by atoms with E-state index in [1.165, 1.54) is 5.56 Å². The third-order valence-electron chi connectivity index (χ3n) is 3.88. The first-order valence-electron chi connectivity index (χ1n) is 6.86. The van der Waals surface area contributed by atoms with Crippen LogP contribution in [0.25, 0.3) is 0 Å². The maximum absolute atomic E-state index is 9.45. The fourth-order valence-electron chi connectivity index (χ4n) is 2.87. The molecule has 100 valence electrons. The van der Waals surface area contributed by atoms with Crippen molar-refractivity contribution in [1.29, 1.82) is 5.26 Å². The van der Waals surface area contributed by atoms with E-state index >= 15 is 0 Å². The molecule has 2 aromatic carbocycles. The first-order valence-corrected chi connectivity index (χ1v) is 6.86. The van der Waals surface area contributed by atoms with Crippen molar-refractivity contribution >= 4 is 11.4 Å². The van der Waals surface area contributed by atoms with Gasteiger partial charge in [-0.2, -0.15) is 5.26 Å². The Morgan fingerprint density at radius 1 is 1.15 bits per heavy atom. The monoisotopic (exact) mass is 263 g/mol. The van der Waals surface area contributed by atoms with Crippen molar-refractivity contribution < 1.29 is 0 Å². The van der Waals surface area contributed by atoms with Crippen LogP contribution < -0.4 is 10.6 Å². The maximum Gasteiger partial charge on any atom is 0.0887 e. The van der Waals surface area contributed by atoms with Crippen LogP contribution >= 0.6 is 0 Å². The third kappa shape index (κ3) is 2.21. The predicted molar refractivity (Wildman–Crippen MR) is 81.6 cm³/mol. The van der Waals surface area contributed by atoms with Gasteiger partial charge in [-0.15, -0.1) is 0 Å². The van der Waals surface area contributed by atoms with Crippen LogP contribution in [0.3, 0.4) is 0 Å². The SMILES string of the molecule is N#CC(CN1CCc2cccc(N)c21)c1ccccc1. The highest BCUT2D eigenvalue weighted by atomic mass is 15.2. The minimum absolute atomic E-state index is 0.123. The summed E-state index contributed by atoms with van der Waals surface area (Å²) in [5.41, 5.74) is 10.4. The van der Waals surface area contributed by atoms with E-state index in [2.05, 4.69) is 17.0 Å². The molecule has 3 nitrogen and oxygen atoms in total. The number of nitrogens with zero attached hydrogens (tertiary/aromatic N) is 2. The summed E-state index contributed by atoms with van der Waals surface area (Å²) in [6.45, 7) is 1.64.